The van der Waals surface area contributed by atoms with Crippen molar-refractivity contribution in [2.24, 2.45) is 11.7 Å². The van der Waals surface area contributed by atoms with Crippen LogP contribution in [-0.4, -0.2) is 47.5 Å². The average Bonchev–Trinajstić information content (AvgIpc) is 2.82. The van der Waals surface area contributed by atoms with E-state index >= 15 is 0 Å². The van der Waals surface area contributed by atoms with Gasteiger partial charge in [-0.2, -0.15) is 0 Å². The van der Waals surface area contributed by atoms with Crippen LogP contribution in [0.25, 0.3) is 11.3 Å². The molecule has 6 nitrogen and oxygen atoms in total. The van der Waals surface area contributed by atoms with Crippen LogP contribution >= 0.6 is 0 Å². The molecule has 1 fully saturated rings. The normalized spacial score (nSPS) is 15.9. The molecule has 0 bridgehead atoms. The number of hydrogen-bond donors (Lipinski definition) is 2. The fourth-order valence-corrected chi connectivity index (χ4v) is 4.40. The molecule has 1 saturated heterocycles. The molecule has 4 rings (SSSR count). The SMILES string of the molecule is CN1CCC(CCNc2nc(-c3ccccc3)ccc2C(C(N)=O)c2cccnc2)CC1. The summed E-state index contributed by atoms with van der Waals surface area (Å²) in [6.07, 6.45) is 6.92. The molecule has 1 aromatic carbocycles. The highest BCUT2D eigenvalue weighted by molar-refractivity contribution is 5.87. The molecule has 1 amide bonds. The predicted octanol–water partition coefficient (Wildman–Crippen LogP) is 3.90. The van der Waals surface area contributed by atoms with Crippen LogP contribution in [0.15, 0.2) is 67.0 Å². The van der Waals surface area contributed by atoms with Crippen molar-refractivity contribution >= 4 is 11.7 Å². The standard InChI is InChI=1S/C26H31N5O/c1-31-16-12-19(13-17-31)11-15-29-26-22(24(25(27)32)21-8-5-14-28-18-21)9-10-23(30-26)20-6-3-2-4-7-20/h2-10,14,18-19,24H,11-13,15-17H2,1H3,(H2,27,32)(H,29,30). The number of anilines is 1. The highest BCUT2D eigenvalue weighted by Crippen LogP contribution is 2.32. The van der Waals surface area contributed by atoms with Gasteiger partial charge in [-0.1, -0.05) is 42.5 Å². The van der Waals surface area contributed by atoms with Gasteiger partial charge in [0, 0.05) is 30.1 Å². The largest absolute Gasteiger partial charge is 0.370 e. The van der Waals surface area contributed by atoms with E-state index < -0.39 is 11.8 Å². The number of likely N-dealkylation sites (tertiary alicyclic amines) is 1. The van der Waals surface area contributed by atoms with Crippen LogP contribution in [0.5, 0.6) is 0 Å². The second-order valence-electron chi connectivity index (χ2n) is 8.58. The van der Waals surface area contributed by atoms with E-state index in [1.54, 1.807) is 12.4 Å². The molecule has 1 atom stereocenters. The van der Waals surface area contributed by atoms with Crippen molar-refractivity contribution in [1.82, 2.24) is 14.9 Å². The zero-order valence-corrected chi connectivity index (χ0v) is 18.6. The van der Waals surface area contributed by atoms with Gasteiger partial charge < -0.3 is 16.0 Å². The van der Waals surface area contributed by atoms with Crippen molar-refractivity contribution in [3.63, 3.8) is 0 Å². The fraction of sp³-hybridized carbons (Fsp3) is 0.346. The van der Waals surface area contributed by atoms with Gasteiger partial charge >= 0.3 is 0 Å². The van der Waals surface area contributed by atoms with E-state index in [9.17, 15) is 4.79 Å². The second kappa shape index (κ2) is 10.4. The zero-order chi connectivity index (χ0) is 22.3. The number of carbonyl (C=O) groups is 1. The minimum absolute atomic E-state index is 0.411. The van der Waals surface area contributed by atoms with Crippen molar-refractivity contribution in [2.75, 3.05) is 32.0 Å². The number of carbonyl (C=O) groups excluding carboxylic acids is 1. The quantitative estimate of drug-likeness (QED) is 0.567. The summed E-state index contributed by atoms with van der Waals surface area (Å²) >= 11 is 0. The zero-order valence-electron chi connectivity index (χ0n) is 18.6. The Kier molecular flexibility index (Phi) is 7.12. The smallest absolute Gasteiger partial charge is 0.229 e. The molecular weight excluding hydrogens is 398 g/mol. The van der Waals surface area contributed by atoms with Crippen LogP contribution in [0.2, 0.25) is 0 Å². The van der Waals surface area contributed by atoms with E-state index in [0.717, 1.165) is 48.4 Å². The first-order chi connectivity index (χ1) is 15.6. The molecule has 166 valence electrons. The average molecular weight is 430 g/mol. The summed E-state index contributed by atoms with van der Waals surface area (Å²) in [5.74, 6) is 0.411. The number of nitrogens with zero attached hydrogens (tertiary/aromatic N) is 3. The number of nitrogens with two attached hydrogens (primary N) is 1. The highest BCUT2D eigenvalue weighted by atomic mass is 16.1. The Balaban J connectivity index is 1.62. The van der Waals surface area contributed by atoms with Crippen LogP contribution in [0.3, 0.4) is 0 Å². The first kappa shape index (κ1) is 22.0. The van der Waals surface area contributed by atoms with Gasteiger partial charge in [-0.05, 0) is 63.0 Å². The number of primary amides is 1. The summed E-state index contributed by atoms with van der Waals surface area (Å²) in [7, 11) is 2.18. The van der Waals surface area contributed by atoms with Gasteiger partial charge in [0.2, 0.25) is 5.91 Å². The van der Waals surface area contributed by atoms with Crippen molar-refractivity contribution < 1.29 is 4.79 Å². The van der Waals surface area contributed by atoms with Gasteiger partial charge in [0.25, 0.3) is 0 Å². The molecule has 2 aromatic heterocycles. The number of aromatic nitrogens is 2. The number of benzene rings is 1. The Morgan fingerprint density at radius 3 is 2.59 bits per heavy atom. The Labute approximate surface area is 189 Å². The molecule has 1 aliphatic rings. The predicted molar refractivity (Wildman–Crippen MR) is 128 cm³/mol. The molecule has 3 N–H and O–H groups in total. The number of amides is 1. The third-order valence-electron chi connectivity index (χ3n) is 6.29. The Bertz CT molecular complexity index is 1020. The molecule has 1 unspecified atom stereocenters. The molecule has 1 aliphatic heterocycles. The first-order valence-electron chi connectivity index (χ1n) is 11.3. The van der Waals surface area contributed by atoms with Gasteiger partial charge in [-0.3, -0.25) is 9.78 Å². The van der Waals surface area contributed by atoms with Crippen LogP contribution in [-0.2, 0) is 4.79 Å². The summed E-state index contributed by atoms with van der Waals surface area (Å²) in [6.45, 7) is 3.12. The lowest BCUT2D eigenvalue weighted by Gasteiger charge is -2.29. The van der Waals surface area contributed by atoms with Crippen LogP contribution in [0.1, 0.15) is 36.3 Å². The maximum Gasteiger partial charge on any atom is 0.229 e. The molecule has 32 heavy (non-hydrogen) atoms. The number of pyridine rings is 2. The Morgan fingerprint density at radius 2 is 1.91 bits per heavy atom. The summed E-state index contributed by atoms with van der Waals surface area (Å²) in [6, 6.07) is 17.7. The summed E-state index contributed by atoms with van der Waals surface area (Å²) in [5, 5.41) is 3.53. The van der Waals surface area contributed by atoms with E-state index in [2.05, 4.69) is 22.2 Å². The molecule has 6 heteroatoms. The Morgan fingerprint density at radius 1 is 1.12 bits per heavy atom. The number of piperidine rings is 1. The molecular formula is C26H31N5O. The maximum atomic E-state index is 12.5. The Hall–Kier alpha value is -3.25. The minimum Gasteiger partial charge on any atom is -0.370 e. The molecule has 3 aromatic rings. The molecule has 0 spiro atoms. The minimum atomic E-state index is -0.605. The molecule has 0 radical (unpaired) electrons. The van der Waals surface area contributed by atoms with Crippen molar-refractivity contribution in [3.05, 3.63) is 78.1 Å². The molecule has 0 saturated carbocycles. The van der Waals surface area contributed by atoms with Crippen molar-refractivity contribution in [2.45, 2.75) is 25.2 Å². The molecule has 3 heterocycles. The van der Waals surface area contributed by atoms with Crippen LogP contribution < -0.4 is 11.1 Å². The lowest BCUT2D eigenvalue weighted by atomic mass is 9.91. The van der Waals surface area contributed by atoms with Gasteiger partial charge in [0.05, 0.1) is 11.6 Å². The molecule has 0 aliphatic carbocycles. The summed E-state index contributed by atoms with van der Waals surface area (Å²) in [4.78, 5) is 24.0. The third kappa shape index (κ3) is 5.32. The lowest BCUT2D eigenvalue weighted by molar-refractivity contribution is -0.118. The fourth-order valence-electron chi connectivity index (χ4n) is 4.40. The highest BCUT2D eigenvalue weighted by Gasteiger charge is 2.25. The van der Waals surface area contributed by atoms with E-state index in [1.165, 1.54) is 12.8 Å². The first-order valence-corrected chi connectivity index (χ1v) is 11.3. The van der Waals surface area contributed by atoms with Crippen molar-refractivity contribution in [1.29, 1.82) is 0 Å². The van der Waals surface area contributed by atoms with Gasteiger partial charge in [-0.15, -0.1) is 0 Å². The maximum absolute atomic E-state index is 12.5. The second-order valence-corrected chi connectivity index (χ2v) is 8.58. The van der Waals surface area contributed by atoms with E-state index in [-0.39, 0.29) is 0 Å². The van der Waals surface area contributed by atoms with Crippen molar-refractivity contribution in [3.8, 4) is 11.3 Å². The lowest BCUT2D eigenvalue weighted by Crippen LogP contribution is -2.31. The van der Waals surface area contributed by atoms with E-state index in [1.807, 2.05) is 54.6 Å². The number of rotatable bonds is 8. The third-order valence-corrected chi connectivity index (χ3v) is 6.29. The van der Waals surface area contributed by atoms with E-state index in [0.29, 0.717) is 11.7 Å². The number of nitrogens with one attached hydrogen (secondary N) is 1. The van der Waals surface area contributed by atoms with Gasteiger partial charge in [0.15, 0.2) is 0 Å². The van der Waals surface area contributed by atoms with Crippen LogP contribution in [0.4, 0.5) is 5.82 Å². The summed E-state index contributed by atoms with van der Waals surface area (Å²) in [5.41, 5.74) is 9.31. The topological polar surface area (TPSA) is 84.1 Å². The van der Waals surface area contributed by atoms with E-state index in [4.69, 9.17) is 10.7 Å². The summed E-state index contributed by atoms with van der Waals surface area (Å²) < 4.78 is 0. The van der Waals surface area contributed by atoms with Gasteiger partial charge in [0.1, 0.15) is 5.82 Å². The monoisotopic (exact) mass is 429 g/mol. The van der Waals surface area contributed by atoms with Crippen LogP contribution in [0, 0.1) is 5.92 Å². The van der Waals surface area contributed by atoms with Gasteiger partial charge in [-0.25, -0.2) is 4.98 Å². The number of hydrogen-bond acceptors (Lipinski definition) is 5.